The second kappa shape index (κ2) is 16.1. The predicted octanol–water partition coefficient (Wildman–Crippen LogP) is -3.24. The van der Waals surface area contributed by atoms with Crippen LogP contribution in [0.1, 0.15) is 0 Å². The Bertz CT molecular complexity index is 35.9. The van der Waals surface area contributed by atoms with Crippen LogP contribution < -0.4 is 12.4 Å². The van der Waals surface area contributed by atoms with Gasteiger partial charge in [0.1, 0.15) is 0 Å². The van der Waals surface area contributed by atoms with Crippen LogP contribution in [0.15, 0.2) is 0 Å². The Morgan fingerprint density at radius 3 is 1.14 bits per heavy atom. The smallest absolute Gasteiger partial charge is 1.00 e. The molecule has 0 aromatic heterocycles. The van der Waals surface area contributed by atoms with Crippen molar-refractivity contribution in [2.24, 2.45) is 0 Å². The maximum atomic E-state index is 8.25. The van der Waals surface area contributed by atoms with Crippen molar-refractivity contribution >= 4 is 0 Å². The van der Waals surface area contributed by atoms with Crippen molar-refractivity contribution in [2.75, 3.05) is 0 Å². The van der Waals surface area contributed by atoms with E-state index in [1.165, 1.54) is 0 Å². The topological polar surface area (TPSA) is 66.2 Å². The standard InChI is InChI=1S/ClH.NO3.2Ni/c;2-1(3)4;;/h1H;;;/q;-1;2*+2/p-1. The molecule has 4 nitrogen and oxygen atoms in total. The first kappa shape index (κ1) is 25.9. The summed E-state index contributed by atoms with van der Waals surface area (Å²) in [6.07, 6.45) is 0. The van der Waals surface area contributed by atoms with E-state index in [1.54, 1.807) is 0 Å². The summed E-state index contributed by atoms with van der Waals surface area (Å²) < 4.78 is 0. The summed E-state index contributed by atoms with van der Waals surface area (Å²) in [5.74, 6) is 0. The molecule has 0 heterocycles. The molecule has 0 aromatic carbocycles. The Labute approximate surface area is 66.0 Å². The fraction of sp³-hybridized carbons (Fsp3) is 0. The average molecular weight is 215 g/mol. The first-order valence-corrected chi connectivity index (χ1v) is 0.548. The molecule has 0 radical (unpaired) electrons. The molecule has 0 N–H and O–H groups in total. The van der Waals surface area contributed by atoms with Gasteiger partial charge in [0.2, 0.25) is 0 Å². The molecule has 0 aliphatic carbocycles. The Morgan fingerprint density at radius 1 is 1.14 bits per heavy atom. The van der Waals surface area contributed by atoms with E-state index in [0.717, 1.165) is 0 Å². The van der Waals surface area contributed by atoms with Gasteiger partial charge in [-0.1, -0.05) is 0 Å². The molecule has 0 bridgehead atoms. The zero-order valence-electron chi connectivity index (χ0n) is 2.68. The Morgan fingerprint density at radius 2 is 1.14 bits per heavy atom. The van der Waals surface area contributed by atoms with E-state index < -0.39 is 5.09 Å². The number of rotatable bonds is 0. The zero-order valence-corrected chi connectivity index (χ0v) is 5.41. The quantitative estimate of drug-likeness (QED) is 0.242. The Balaban J connectivity index is -0.0000000150. The van der Waals surface area contributed by atoms with Gasteiger partial charge in [-0.25, -0.2) is 0 Å². The molecule has 7 heteroatoms. The van der Waals surface area contributed by atoms with E-state index in [1.807, 2.05) is 0 Å². The minimum absolute atomic E-state index is 0. The third-order valence-corrected chi connectivity index (χ3v) is 0. The minimum atomic E-state index is -1.75. The Kier molecular flexibility index (Phi) is 59.6. The van der Waals surface area contributed by atoms with Crippen LogP contribution in [-0.2, 0) is 33.0 Å². The van der Waals surface area contributed by atoms with Gasteiger partial charge < -0.3 is 27.7 Å². The summed E-state index contributed by atoms with van der Waals surface area (Å²) in [7, 11) is 0. The fourth-order valence-corrected chi connectivity index (χ4v) is 0. The van der Waals surface area contributed by atoms with Gasteiger partial charge >= 0.3 is 33.0 Å². The molecule has 0 amide bonds. The van der Waals surface area contributed by atoms with Gasteiger partial charge in [-0.2, -0.15) is 0 Å². The van der Waals surface area contributed by atoms with Crippen LogP contribution in [0.3, 0.4) is 0 Å². The fourth-order valence-electron chi connectivity index (χ4n) is 0. The summed E-state index contributed by atoms with van der Waals surface area (Å²) in [5.41, 5.74) is 0. The molecule has 0 saturated heterocycles. The van der Waals surface area contributed by atoms with E-state index in [-0.39, 0.29) is 45.4 Å². The van der Waals surface area contributed by atoms with Crippen LogP contribution in [0.2, 0.25) is 0 Å². The molecule has 0 aliphatic heterocycles. The number of nitrogens with zero attached hydrogens (tertiary/aromatic N) is 1. The average Bonchev–Trinajstić information content (AvgIpc) is 0.811. The second-order valence-electron chi connectivity index (χ2n) is 0.224. The zero-order chi connectivity index (χ0) is 3.58. The minimum Gasteiger partial charge on any atom is -1.00 e. The van der Waals surface area contributed by atoms with Gasteiger partial charge in [0.15, 0.2) is 0 Å². The number of hydrogen-bond donors (Lipinski definition) is 0. The van der Waals surface area contributed by atoms with Crippen molar-refractivity contribution in [1.29, 1.82) is 0 Å². The third-order valence-electron chi connectivity index (χ3n) is 0. The summed E-state index contributed by atoms with van der Waals surface area (Å²) in [5, 5.41) is 14.8. The van der Waals surface area contributed by atoms with Crippen molar-refractivity contribution in [1.82, 2.24) is 0 Å². The Hall–Kier alpha value is 0.477. The van der Waals surface area contributed by atoms with Crippen molar-refractivity contribution < 1.29 is 50.5 Å². The first-order chi connectivity index (χ1) is 1.73. The van der Waals surface area contributed by atoms with Crippen LogP contribution in [0.5, 0.6) is 0 Å². The summed E-state index contributed by atoms with van der Waals surface area (Å²) in [6, 6.07) is 0. The van der Waals surface area contributed by atoms with Gasteiger partial charge in [-0.15, -0.1) is 0 Å². The second-order valence-corrected chi connectivity index (χ2v) is 0.224. The monoisotopic (exact) mass is 213 g/mol. The van der Waals surface area contributed by atoms with E-state index >= 15 is 0 Å². The molecule has 0 spiro atoms. The van der Waals surface area contributed by atoms with Gasteiger partial charge in [-0.3, -0.25) is 0 Å². The van der Waals surface area contributed by atoms with Crippen LogP contribution in [0.25, 0.3) is 0 Å². The van der Waals surface area contributed by atoms with Crippen LogP contribution in [-0.4, -0.2) is 5.09 Å². The molecule has 0 atom stereocenters. The normalized spacial score (nSPS) is 3.43. The van der Waals surface area contributed by atoms with E-state index in [0.29, 0.717) is 0 Å². The molecule has 0 saturated carbocycles. The van der Waals surface area contributed by atoms with Gasteiger partial charge in [0.25, 0.3) is 0 Å². The van der Waals surface area contributed by atoms with Crippen molar-refractivity contribution in [3.05, 3.63) is 15.3 Å². The molecular weight excluding hydrogens is 215 g/mol. The van der Waals surface area contributed by atoms with Crippen LogP contribution in [0, 0.1) is 15.3 Å². The summed E-state index contributed by atoms with van der Waals surface area (Å²) in [6.45, 7) is 0. The third kappa shape index (κ3) is 571. The van der Waals surface area contributed by atoms with Crippen molar-refractivity contribution in [2.45, 2.75) is 0 Å². The predicted molar refractivity (Wildman–Crippen MR) is 10.4 cm³/mol. The van der Waals surface area contributed by atoms with Gasteiger partial charge in [0, 0.05) is 0 Å². The van der Waals surface area contributed by atoms with Crippen molar-refractivity contribution in [3.63, 3.8) is 0 Å². The van der Waals surface area contributed by atoms with E-state index in [4.69, 9.17) is 15.3 Å². The maximum absolute atomic E-state index is 8.25. The number of halogens is 1. The molecule has 0 fully saturated rings. The molecule has 48 valence electrons. The first-order valence-electron chi connectivity index (χ1n) is 0.548. The van der Waals surface area contributed by atoms with Gasteiger partial charge in [0.05, 0.1) is 5.09 Å². The molecule has 0 rings (SSSR count). The van der Waals surface area contributed by atoms with E-state index in [9.17, 15) is 0 Å². The molecule has 7 heavy (non-hydrogen) atoms. The van der Waals surface area contributed by atoms with Gasteiger partial charge in [-0.05, 0) is 0 Å². The molecule has 0 unspecified atom stereocenters. The molecule has 0 aromatic rings. The largest absolute Gasteiger partial charge is 2.00 e. The van der Waals surface area contributed by atoms with E-state index in [2.05, 4.69) is 0 Å². The summed E-state index contributed by atoms with van der Waals surface area (Å²) in [4.78, 5) is 8.25. The van der Waals surface area contributed by atoms with Crippen LogP contribution in [0.4, 0.5) is 0 Å². The van der Waals surface area contributed by atoms with Crippen molar-refractivity contribution in [3.8, 4) is 0 Å². The van der Waals surface area contributed by atoms with Crippen LogP contribution >= 0.6 is 0 Å². The molecule has 0 aliphatic rings. The number of hydrogen-bond acceptors (Lipinski definition) is 3. The molecular formula is ClNNi2O3+2. The summed E-state index contributed by atoms with van der Waals surface area (Å²) >= 11 is 0. The maximum Gasteiger partial charge on any atom is 2.00 e. The SMILES string of the molecule is O=[N+]([O-])[O-].[Cl-].[Ni+2].[Ni+2].